The third-order valence-electron chi connectivity index (χ3n) is 4.54. The lowest BCUT2D eigenvalue weighted by atomic mass is 9.92. The molecule has 0 spiro atoms. The molecular weight excluding hydrogens is 419 g/mol. The zero-order valence-electron chi connectivity index (χ0n) is 14.5. The highest BCUT2D eigenvalue weighted by Crippen LogP contribution is 2.42. The van der Waals surface area contributed by atoms with Crippen molar-refractivity contribution in [1.82, 2.24) is 10.1 Å². The maximum Gasteiger partial charge on any atom is 0.171 e. The Labute approximate surface area is 177 Å². The summed E-state index contributed by atoms with van der Waals surface area (Å²) in [5, 5.41) is 16.0. The smallest absolute Gasteiger partial charge is 0.171 e. The number of hydrogen-bond acceptors (Lipinski definition) is 4. The molecule has 0 radical (unpaired) electrons. The fourth-order valence-electron chi connectivity index (χ4n) is 3.16. The Morgan fingerprint density at radius 2 is 2.07 bits per heavy atom. The molecule has 0 amide bonds. The van der Waals surface area contributed by atoms with E-state index < -0.39 is 6.10 Å². The van der Waals surface area contributed by atoms with E-state index in [9.17, 15) is 5.11 Å². The van der Waals surface area contributed by atoms with Crippen LogP contribution in [0.1, 0.15) is 29.4 Å². The van der Waals surface area contributed by atoms with Crippen molar-refractivity contribution in [3.8, 4) is 11.3 Å². The van der Waals surface area contributed by atoms with Gasteiger partial charge in [0.15, 0.2) is 5.76 Å². The van der Waals surface area contributed by atoms with Crippen LogP contribution in [-0.2, 0) is 0 Å². The summed E-state index contributed by atoms with van der Waals surface area (Å²) < 4.78 is 5.68. The highest BCUT2D eigenvalue weighted by molar-refractivity contribution is 6.36. The summed E-state index contributed by atoms with van der Waals surface area (Å²) in [5.41, 5.74) is 2.90. The van der Waals surface area contributed by atoms with Crippen LogP contribution in [0.3, 0.4) is 0 Å². The molecule has 2 heterocycles. The molecule has 3 aromatic rings. The van der Waals surface area contributed by atoms with Gasteiger partial charge in [0, 0.05) is 34.1 Å². The molecule has 0 bridgehead atoms. The Kier molecular flexibility index (Phi) is 5.56. The number of pyridine rings is 1. The topological polar surface area (TPSA) is 59.2 Å². The Bertz CT molecular complexity index is 1060. The molecule has 0 fully saturated rings. The van der Waals surface area contributed by atoms with Crippen LogP contribution in [0.15, 0.2) is 65.5 Å². The molecule has 28 heavy (non-hydrogen) atoms. The molecule has 1 N–H and O–H groups in total. The minimum Gasteiger partial charge on any atom is -0.383 e. The Morgan fingerprint density at radius 3 is 2.79 bits per heavy atom. The van der Waals surface area contributed by atoms with Crippen LogP contribution in [0.25, 0.3) is 16.8 Å². The van der Waals surface area contributed by atoms with Crippen LogP contribution in [0.5, 0.6) is 0 Å². The number of aromatic nitrogens is 2. The molecule has 0 aliphatic heterocycles. The summed E-state index contributed by atoms with van der Waals surface area (Å²) in [7, 11) is 0. The number of nitrogens with zero attached hydrogens (tertiary/aromatic N) is 2. The first-order chi connectivity index (χ1) is 13.6. The van der Waals surface area contributed by atoms with Gasteiger partial charge in [-0.05, 0) is 30.7 Å². The van der Waals surface area contributed by atoms with E-state index in [1.807, 2.05) is 18.2 Å². The number of alkyl halides is 1. The van der Waals surface area contributed by atoms with Crippen LogP contribution in [0.4, 0.5) is 0 Å². The normalized spacial score (nSPS) is 17.4. The second-order valence-corrected chi connectivity index (χ2v) is 7.71. The van der Waals surface area contributed by atoms with E-state index in [0.29, 0.717) is 44.6 Å². The summed E-state index contributed by atoms with van der Waals surface area (Å²) in [6.07, 6.45) is 8.64. The number of aliphatic hydroxyl groups excluding tert-OH is 1. The van der Waals surface area contributed by atoms with Crippen molar-refractivity contribution in [2.75, 3.05) is 0 Å². The van der Waals surface area contributed by atoms with E-state index in [1.54, 1.807) is 42.7 Å². The van der Waals surface area contributed by atoms with Gasteiger partial charge in [-0.2, -0.15) is 0 Å². The van der Waals surface area contributed by atoms with E-state index >= 15 is 0 Å². The first-order valence-corrected chi connectivity index (χ1v) is 9.79. The van der Waals surface area contributed by atoms with E-state index in [2.05, 4.69) is 10.1 Å². The third kappa shape index (κ3) is 3.61. The van der Waals surface area contributed by atoms with Gasteiger partial charge in [0.25, 0.3) is 0 Å². The Hall–Kier alpha value is -2.11. The van der Waals surface area contributed by atoms with Crippen LogP contribution in [-0.4, -0.2) is 20.6 Å². The van der Waals surface area contributed by atoms with Crippen molar-refractivity contribution in [3.05, 3.63) is 87.9 Å². The van der Waals surface area contributed by atoms with E-state index in [0.717, 1.165) is 5.57 Å². The molecule has 2 aromatic heterocycles. The SMILES string of the molecule is OC(c1cccnc1)c1c(-c2ccc(Cl)cc2Cl)noc1C1=CC=CCC1Cl. The number of aliphatic hydroxyl groups is 1. The average Bonchev–Trinajstić information content (AvgIpc) is 3.13. The van der Waals surface area contributed by atoms with Gasteiger partial charge in [-0.1, -0.05) is 52.7 Å². The molecule has 2 atom stereocenters. The first kappa shape index (κ1) is 19.2. The van der Waals surface area contributed by atoms with Gasteiger partial charge in [0.1, 0.15) is 11.8 Å². The largest absolute Gasteiger partial charge is 0.383 e. The molecule has 4 rings (SSSR count). The maximum absolute atomic E-state index is 11.2. The van der Waals surface area contributed by atoms with E-state index in [4.69, 9.17) is 39.3 Å². The number of rotatable bonds is 4. The van der Waals surface area contributed by atoms with Crippen molar-refractivity contribution in [3.63, 3.8) is 0 Å². The van der Waals surface area contributed by atoms with Crippen LogP contribution in [0.2, 0.25) is 10.0 Å². The highest BCUT2D eigenvalue weighted by Gasteiger charge is 2.30. The van der Waals surface area contributed by atoms with E-state index in [1.165, 1.54) is 0 Å². The second kappa shape index (κ2) is 8.10. The number of halogens is 3. The predicted octanol–water partition coefficient (Wildman–Crippen LogP) is 6.08. The highest BCUT2D eigenvalue weighted by atomic mass is 35.5. The fourth-order valence-corrected chi connectivity index (χ4v) is 3.93. The molecule has 2 unspecified atom stereocenters. The Balaban J connectivity index is 1.92. The summed E-state index contributed by atoms with van der Waals surface area (Å²) in [5.74, 6) is 0.432. The van der Waals surface area contributed by atoms with Crippen molar-refractivity contribution < 1.29 is 9.63 Å². The molecule has 4 nitrogen and oxygen atoms in total. The molecular formula is C21H15Cl3N2O2. The predicted molar refractivity (Wildman–Crippen MR) is 112 cm³/mol. The molecule has 0 saturated heterocycles. The quantitative estimate of drug-likeness (QED) is 0.507. The maximum atomic E-state index is 11.2. The van der Waals surface area contributed by atoms with Crippen LogP contribution < -0.4 is 0 Å². The van der Waals surface area contributed by atoms with Crippen molar-refractivity contribution in [1.29, 1.82) is 0 Å². The number of allylic oxidation sites excluding steroid dienone is 4. The molecule has 142 valence electrons. The summed E-state index contributed by atoms with van der Waals surface area (Å²) >= 11 is 18.9. The van der Waals surface area contributed by atoms with Gasteiger partial charge >= 0.3 is 0 Å². The van der Waals surface area contributed by atoms with Gasteiger partial charge < -0.3 is 9.63 Å². The van der Waals surface area contributed by atoms with E-state index in [-0.39, 0.29) is 5.38 Å². The minimum absolute atomic E-state index is 0.286. The lowest BCUT2D eigenvalue weighted by Crippen LogP contribution is -2.09. The monoisotopic (exact) mass is 432 g/mol. The van der Waals surface area contributed by atoms with Gasteiger partial charge in [0.05, 0.1) is 16.0 Å². The molecule has 1 aliphatic rings. The van der Waals surface area contributed by atoms with Crippen molar-refractivity contribution in [2.45, 2.75) is 17.9 Å². The van der Waals surface area contributed by atoms with Gasteiger partial charge in [-0.3, -0.25) is 4.98 Å². The molecule has 7 heteroatoms. The molecule has 0 saturated carbocycles. The van der Waals surface area contributed by atoms with Crippen LogP contribution >= 0.6 is 34.8 Å². The fraction of sp³-hybridized carbons (Fsp3) is 0.143. The standard InChI is InChI=1S/C21H15Cl3N2O2/c22-13-7-8-14(17(24)10-13)19-18(20(27)12-4-3-9-25-11-12)21(28-26-19)15-5-1-2-6-16(15)23/h1-5,7-11,16,20,27H,6H2. The zero-order chi connectivity index (χ0) is 19.7. The lowest BCUT2D eigenvalue weighted by molar-refractivity contribution is 0.218. The summed E-state index contributed by atoms with van der Waals surface area (Å²) in [4.78, 5) is 4.10. The van der Waals surface area contributed by atoms with Gasteiger partial charge in [0.2, 0.25) is 0 Å². The van der Waals surface area contributed by atoms with Crippen molar-refractivity contribution in [2.24, 2.45) is 0 Å². The lowest BCUT2D eigenvalue weighted by Gasteiger charge is -2.17. The number of benzene rings is 1. The zero-order valence-corrected chi connectivity index (χ0v) is 16.8. The summed E-state index contributed by atoms with van der Waals surface area (Å²) in [6.45, 7) is 0. The van der Waals surface area contributed by atoms with Gasteiger partial charge in [-0.25, -0.2) is 0 Å². The Morgan fingerprint density at radius 1 is 1.21 bits per heavy atom. The number of hydrogen-bond donors (Lipinski definition) is 1. The summed E-state index contributed by atoms with van der Waals surface area (Å²) in [6, 6.07) is 8.63. The van der Waals surface area contributed by atoms with Gasteiger partial charge in [-0.15, -0.1) is 11.6 Å². The average molecular weight is 434 g/mol. The molecule has 1 aliphatic carbocycles. The second-order valence-electron chi connectivity index (χ2n) is 6.34. The van der Waals surface area contributed by atoms with Crippen molar-refractivity contribution >= 4 is 40.4 Å². The third-order valence-corrected chi connectivity index (χ3v) is 5.50. The first-order valence-electron chi connectivity index (χ1n) is 8.60. The minimum atomic E-state index is -1.02. The van der Waals surface area contributed by atoms with Crippen LogP contribution in [0, 0.1) is 0 Å². The molecule has 1 aromatic carbocycles.